The Balaban J connectivity index is 1.56. The summed E-state index contributed by atoms with van der Waals surface area (Å²) in [6.07, 6.45) is 3.43. The zero-order valence-electron chi connectivity index (χ0n) is 15.6. The van der Waals surface area contributed by atoms with Crippen LogP contribution >= 0.6 is 0 Å². The van der Waals surface area contributed by atoms with Crippen LogP contribution in [-0.2, 0) is 4.74 Å². The van der Waals surface area contributed by atoms with Crippen molar-refractivity contribution >= 4 is 5.95 Å². The summed E-state index contributed by atoms with van der Waals surface area (Å²) < 4.78 is 16.3. The molecule has 1 aliphatic rings. The minimum atomic E-state index is 0.582. The maximum atomic E-state index is 5.47. The van der Waals surface area contributed by atoms with Crippen LogP contribution in [-0.4, -0.2) is 59.4 Å². The van der Waals surface area contributed by atoms with E-state index in [2.05, 4.69) is 20.4 Å². The Labute approximate surface area is 157 Å². The van der Waals surface area contributed by atoms with Crippen molar-refractivity contribution in [3.63, 3.8) is 0 Å². The smallest absolute Gasteiger partial charge is 0.223 e. The molecule has 0 bridgehead atoms. The van der Waals surface area contributed by atoms with Gasteiger partial charge in [0.15, 0.2) is 5.76 Å². The van der Waals surface area contributed by atoms with Gasteiger partial charge in [0, 0.05) is 44.0 Å². The van der Waals surface area contributed by atoms with Gasteiger partial charge in [-0.15, -0.1) is 0 Å². The van der Waals surface area contributed by atoms with Crippen LogP contribution in [0.25, 0.3) is 22.6 Å². The topological polar surface area (TPSA) is 89.5 Å². The summed E-state index contributed by atoms with van der Waals surface area (Å²) in [7, 11) is 0. The fourth-order valence-corrected chi connectivity index (χ4v) is 3.12. The van der Waals surface area contributed by atoms with Crippen LogP contribution in [0.1, 0.15) is 11.5 Å². The molecule has 27 heavy (non-hydrogen) atoms. The van der Waals surface area contributed by atoms with E-state index in [1.807, 2.05) is 26.0 Å². The average Bonchev–Trinajstić information content (AvgIpc) is 3.31. The number of anilines is 1. The molecule has 3 aromatic rings. The monoisotopic (exact) mass is 369 g/mol. The van der Waals surface area contributed by atoms with Gasteiger partial charge in [-0.1, -0.05) is 5.16 Å². The summed E-state index contributed by atoms with van der Waals surface area (Å²) in [5, 5.41) is 7.29. The van der Waals surface area contributed by atoms with E-state index in [1.54, 1.807) is 12.5 Å². The van der Waals surface area contributed by atoms with E-state index in [1.165, 1.54) is 0 Å². The van der Waals surface area contributed by atoms with Crippen molar-refractivity contribution in [3.8, 4) is 22.6 Å². The number of nitrogens with zero attached hydrogens (tertiary/aromatic N) is 4. The van der Waals surface area contributed by atoms with Crippen LogP contribution in [0.5, 0.6) is 0 Å². The van der Waals surface area contributed by atoms with Crippen molar-refractivity contribution < 1.29 is 13.7 Å². The Bertz CT molecular complexity index is 898. The molecule has 0 atom stereocenters. The van der Waals surface area contributed by atoms with Gasteiger partial charge in [0.05, 0.1) is 36.4 Å². The average molecular weight is 369 g/mol. The first-order valence-corrected chi connectivity index (χ1v) is 9.10. The standard InChI is InChI=1S/C19H23N5O3/c1-13-11-17(27-23-13)16-12-21-19(20-4-5-24-6-9-25-10-7-24)22-18(16)15-3-8-26-14(15)2/h3,8,11-12H,4-7,9-10H2,1-2H3,(H,20,21,22). The molecule has 0 saturated carbocycles. The third-order valence-electron chi connectivity index (χ3n) is 4.61. The zero-order chi connectivity index (χ0) is 18.6. The van der Waals surface area contributed by atoms with Gasteiger partial charge in [-0.3, -0.25) is 4.90 Å². The molecule has 4 heterocycles. The molecule has 1 aliphatic heterocycles. The summed E-state index contributed by atoms with van der Waals surface area (Å²) in [6.45, 7) is 9.02. The summed E-state index contributed by atoms with van der Waals surface area (Å²) in [5.74, 6) is 2.02. The quantitative estimate of drug-likeness (QED) is 0.709. The first-order valence-electron chi connectivity index (χ1n) is 9.10. The molecule has 0 aromatic carbocycles. The van der Waals surface area contributed by atoms with Crippen molar-refractivity contribution in [1.82, 2.24) is 20.0 Å². The van der Waals surface area contributed by atoms with Gasteiger partial charge < -0.3 is 19.0 Å². The number of aromatic nitrogens is 3. The lowest BCUT2D eigenvalue weighted by molar-refractivity contribution is 0.0398. The van der Waals surface area contributed by atoms with E-state index in [4.69, 9.17) is 18.7 Å². The minimum Gasteiger partial charge on any atom is -0.469 e. The molecule has 8 nitrogen and oxygen atoms in total. The van der Waals surface area contributed by atoms with E-state index >= 15 is 0 Å². The number of aryl methyl sites for hydroxylation is 2. The molecule has 1 saturated heterocycles. The van der Waals surface area contributed by atoms with Crippen molar-refractivity contribution in [1.29, 1.82) is 0 Å². The molecular weight excluding hydrogens is 346 g/mol. The first-order chi connectivity index (χ1) is 13.2. The second-order valence-corrected chi connectivity index (χ2v) is 6.56. The molecule has 0 spiro atoms. The predicted molar refractivity (Wildman–Crippen MR) is 100 cm³/mol. The Hall–Kier alpha value is -2.71. The van der Waals surface area contributed by atoms with Crippen molar-refractivity contribution in [3.05, 3.63) is 36.0 Å². The molecule has 0 aliphatic carbocycles. The second-order valence-electron chi connectivity index (χ2n) is 6.56. The molecule has 8 heteroatoms. The lowest BCUT2D eigenvalue weighted by Gasteiger charge is -2.26. The molecule has 0 amide bonds. The summed E-state index contributed by atoms with van der Waals surface area (Å²) in [5.41, 5.74) is 3.28. The van der Waals surface area contributed by atoms with Crippen molar-refractivity contribution in [2.45, 2.75) is 13.8 Å². The number of hydrogen-bond acceptors (Lipinski definition) is 8. The summed E-state index contributed by atoms with van der Waals surface area (Å²) in [4.78, 5) is 11.6. The normalized spacial score (nSPS) is 15.2. The third kappa shape index (κ3) is 4.01. The SMILES string of the molecule is Cc1cc(-c2cnc(NCCN3CCOCC3)nc2-c2ccoc2C)on1. The fraction of sp³-hybridized carbons (Fsp3) is 0.421. The van der Waals surface area contributed by atoms with Crippen LogP contribution in [0, 0.1) is 13.8 Å². The summed E-state index contributed by atoms with van der Waals surface area (Å²) >= 11 is 0. The van der Waals surface area contributed by atoms with Gasteiger partial charge in [-0.05, 0) is 19.9 Å². The zero-order valence-corrected chi connectivity index (χ0v) is 15.6. The molecule has 0 radical (unpaired) electrons. The lowest BCUT2D eigenvalue weighted by Crippen LogP contribution is -2.39. The summed E-state index contributed by atoms with van der Waals surface area (Å²) in [6, 6.07) is 3.78. The van der Waals surface area contributed by atoms with Crippen LogP contribution in [0.3, 0.4) is 0 Å². The Morgan fingerprint density at radius 1 is 1.19 bits per heavy atom. The van der Waals surface area contributed by atoms with Gasteiger partial charge in [0.25, 0.3) is 0 Å². The molecule has 1 N–H and O–H groups in total. The van der Waals surface area contributed by atoms with E-state index in [9.17, 15) is 0 Å². The molecule has 142 valence electrons. The van der Waals surface area contributed by atoms with E-state index in [0.29, 0.717) is 11.7 Å². The number of nitrogens with one attached hydrogen (secondary N) is 1. The number of rotatable bonds is 6. The Morgan fingerprint density at radius 3 is 2.74 bits per heavy atom. The van der Waals surface area contributed by atoms with E-state index in [-0.39, 0.29) is 0 Å². The molecule has 4 rings (SSSR count). The van der Waals surface area contributed by atoms with Crippen LogP contribution in [0.4, 0.5) is 5.95 Å². The number of ether oxygens (including phenoxy) is 1. The van der Waals surface area contributed by atoms with Crippen LogP contribution in [0.2, 0.25) is 0 Å². The van der Waals surface area contributed by atoms with Crippen molar-refractivity contribution in [2.75, 3.05) is 44.7 Å². The Kier molecular flexibility index (Phi) is 5.17. The largest absolute Gasteiger partial charge is 0.469 e. The number of furan rings is 1. The van der Waals surface area contributed by atoms with Gasteiger partial charge in [0.1, 0.15) is 5.76 Å². The number of morpholine rings is 1. The van der Waals surface area contributed by atoms with Gasteiger partial charge in [-0.25, -0.2) is 9.97 Å². The highest BCUT2D eigenvalue weighted by Crippen LogP contribution is 2.33. The first kappa shape index (κ1) is 17.7. The molecular formula is C19H23N5O3. The molecule has 3 aromatic heterocycles. The maximum absolute atomic E-state index is 5.47. The van der Waals surface area contributed by atoms with Crippen molar-refractivity contribution in [2.24, 2.45) is 0 Å². The molecule has 1 fully saturated rings. The van der Waals surface area contributed by atoms with Crippen LogP contribution in [0.15, 0.2) is 33.5 Å². The van der Waals surface area contributed by atoms with E-state index < -0.39 is 0 Å². The lowest BCUT2D eigenvalue weighted by atomic mass is 10.1. The minimum absolute atomic E-state index is 0.582. The van der Waals surface area contributed by atoms with Gasteiger partial charge in [-0.2, -0.15) is 0 Å². The second kappa shape index (κ2) is 7.89. The predicted octanol–water partition coefficient (Wildman–Crippen LogP) is 2.75. The third-order valence-corrected chi connectivity index (χ3v) is 4.61. The van der Waals surface area contributed by atoms with Crippen LogP contribution < -0.4 is 5.32 Å². The highest BCUT2D eigenvalue weighted by atomic mass is 16.5. The maximum Gasteiger partial charge on any atom is 0.223 e. The highest BCUT2D eigenvalue weighted by molar-refractivity contribution is 5.79. The highest BCUT2D eigenvalue weighted by Gasteiger charge is 2.18. The van der Waals surface area contributed by atoms with E-state index in [0.717, 1.165) is 67.7 Å². The fourth-order valence-electron chi connectivity index (χ4n) is 3.12. The number of hydrogen-bond donors (Lipinski definition) is 1. The van der Waals surface area contributed by atoms with Gasteiger partial charge in [0.2, 0.25) is 5.95 Å². The molecule has 0 unspecified atom stereocenters. The Morgan fingerprint density at radius 2 is 2.04 bits per heavy atom. The van der Waals surface area contributed by atoms with Gasteiger partial charge >= 0.3 is 0 Å².